The Kier molecular flexibility index (Phi) is 2.63. The molecule has 1 aliphatic carbocycles. The van der Waals surface area contributed by atoms with E-state index in [1.807, 2.05) is 48.5 Å². The number of amides is 3. The summed E-state index contributed by atoms with van der Waals surface area (Å²) < 4.78 is 0. The molecular weight excluding hydrogens is 322 g/mol. The van der Waals surface area contributed by atoms with Gasteiger partial charge in [-0.25, -0.2) is 10.4 Å². The van der Waals surface area contributed by atoms with Gasteiger partial charge in [0, 0.05) is 0 Å². The second-order valence-corrected chi connectivity index (χ2v) is 6.10. The van der Waals surface area contributed by atoms with E-state index in [1.54, 1.807) is 0 Å². The summed E-state index contributed by atoms with van der Waals surface area (Å²) in [5, 5.41) is 3.89. The average molecular weight is 335 g/mol. The van der Waals surface area contributed by atoms with Gasteiger partial charge in [0.25, 0.3) is 5.91 Å². The van der Waals surface area contributed by atoms with Gasteiger partial charge in [0.05, 0.1) is 0 Å². The summed E-state index contributed by atoms with van der Waals surface area (Å²) in [5.74, 6) is -1.87. The molecule has 3 amide bonds. The maximum absolute atomic E-state index is 13.1. The predicted octanol–water partition coefficient (Wildman–Crippen LogP) is -0.708. The number of hydrogen-bond donors (Lipinski definition) is 4. The number of rotatable bonds is 0. The van der Waals surface area contributed by atoms with Gasteiger partial charge in [-0.2, -0.15) is 5.43 Å². The van der Waals surface area contributed by atoms with Crippen molar-refractivity contribution in [1.29, 1.82) is 0 Å². The Labute approximate surface area is 142 Å². The molecule has 5 rings (SSSR count). The van der Waals surface area contributed by atoms with Gasteiger partial charge < -0.3 is 5.32 Å². The van der Waals surface area contributed by atoms with Crippen LogP contribution in [0.4, 0.5) is 0 Å². The third-order valence-electron chi connectivity index (χ3n) is 4.84. The van der Waals surface area contributed by atoms with Gasteiger partial charge in [0.1, 0.15) is 0 Å². The molecule has 8 heteroatoms. The van der Waals surface area contributed by atoms with Gasteiger partial charge in [-0.05, 0) is 22.3 Å². The fourth-order valence-corrected chi connectivity index (χ4v) is 3.76. The molecular formula is C17H13N5O3. The number of hydrazine groups is 2. The van der Waals surface area contributed by atoms with Crippen LogP contribution in [-0.2, 0) is 19.9 Å². The molecule has 2 aromatic rings. The van der Waals surface area contributed by atoms with E-state index in [0.29, 0.717) is 0 Å². The maximum Gasteiger partial charge on any atom is 0.330 e. The Morgan fingerprint density at radius 3 is 2.12 bits per heavy atom. The maximum atomic E-state index is 13.1. The molecule has 0 unspecified atom stereocenters. The van der Waals surface area contributed by atoms with Gasteiger partial charge in [0.2, 0.25) is 0 Å². The van der Waals surface area contributed by atoms with Gasteiger partial charge >= 0.3 is 11.8 Å². The summed E-state index contributed by atoms with van der Waals surface area (Å²) >= 11 is 0. The Morgan fingerprint density at radius 1 is 0.880 bits per heavy atom. The first-order valence-electron chi connectivity index (χ1n) is 7.80. The zero-order chi connectivity index (χ0) is 17.2. The summed E-state index contributed by atoms with van der Waals surface area (Å²) in [5.41, 5.74) is 9.91. The van der Waals surface area contributed by atoms with Crippen molar-refractivity contribution in [2.24, 2.45) is 0 Å². The minimum absolute atomic E-state index is 0.303. The van der Waals surface area contributed by atoms with E-state index in [4.69, 9.17) is 0 Å². The summed E-state index contributed by atoms with van der Waals surface area (Å²) in [6.07, 6.45) is -0.858. The Bertz CT molecular complexity index is 911. The molecule has 2 aliphatic heterocycles. The van der Waals surface area contributed by atoms with Gasteiger partial charge in [-0.1, -0.05) is 48.5 Å². The molecule has 2 fully saturated rings. The number of carbonyl (C=O) groups excluding carboxylic acids is 3. The van der Waals surface area contributed by atoms with Crippen LogP contribution in [0.2, 0.25) is 0 Å². The monoisotopic (exact) mass is 335 g/mol. The van der Waals surface area contributed by atoms with Gasteiger partial charge in [-0.3, -0.25) is 19.8 Å². The lowest BCUT2D eigenvalue weighted by Crippen LogP contribution is -2.81. The highest BCUT2D eigenvalue weighted by molar-refractivity contribution is 6.35. The van der Waals surface area contributed by atoms with Crippen molar-refractivity contribution < 1.29 is 14.4 Å². The molecule has 0 aromatic heterocycles. The van der Waals surface area contributed by atoms with Crippen molar-refractivity contribution in [2.75, 3.05) is 0 Å². The number of nitrogens with one attached hydrogen (secondary N) is 4. The minimum atomic E-state index is -1.27. The Balaban J connectivity index is 1.74. The van der Waals surface area contributed by atoms with Crippen molar-refractivity contribution in [1.82, 2.24) is 26.6 Å². The smallest absolute Gasteiger partial charge is 0.319 e. The molecule has 1 atom stereocenters. The third kappa shape index (κ3) is 1.64. The quantitative estimate of drug-likeness (QED) is 0.477. The van der Waals surface area contributed by atoms with Crippen molar-refractivity contribution >= 4 is 17.7 Å². The van der Waals surface area contributed by atoms with Crippen LogP contribution in [0.25, 0.3) is 11.1 Å². The zero-order valence-corrected chi connectivity index (χ0v) is 12.9. The molecule has 0 bridgehead atoms. The van der Waals surface area contributed by atoms with E-state index in [1.165, 1.54) is 0 Å². The van der Waals surface area contributed by atoms with Crippen LogP contribution in [0.3, 0.4) is 0 Å². The second-order valence-electron chi connectivity index (χ2n) is 6.10. The normalized spacial score (nSPS) is 22.8. The highest BCUT2D eigenvalue weighted by Gasteiger charge is 2.56. The topological polar surface area (TPSA) is 103 Å². The minimum Gasteiger partial charge on any atom is -0.319 e. The first-order valence-corrected chi connectivity index (χ1v) is 7.80. The third-order valence-corrected chi connectivity index (χ3v) is 4.84. The molecule has 0 radical (unpaired) electrons. The summed E-state index contributed by atoms with van der Waals surface area (Å²) in [6, 6.07) is 15.1. The van der Waals surface area contributed by atoms with Crippen molar-refractivity contribution in [3.63, 3.8) is 0 Å². The number of nitrogens with zero attached hydrogens (tertiary/aromatic N) is 1. The molecule has 124 valence electrons. The SMILES string of the molecule is O=C1NN[C@H]2NC(=O)C3(NN2C1=O)c1ccccc1-c1ccccc13. The Morgan fingerprint density at radius 2 is 1.48 bits per heavy atom. The first kappa shape index (κ1) is 14.1. The standard InChI is InChI=1S/C17H13N5O3/c23-13-14(24)22-16(20-19-13)18-15(25)17(21-22)11-7-3-1-5-9(11)10-6-2-4-8-12(10)17/h1-8,16,20-21H,(H,18,25)(H,19,23)/t16-/m1/s1. The van der Waals surface area contributed by atoms with E-state index in [9.17, 15) is 14.4 Å². The average Bonchev–Trinajstić information content (AvgIpc) is 2.92. The lowest BCUT2D eigenvalue weighted by Gasteiger charge is -2.47. The molecule has 0 saturated carbocycles. The van der Waals surface area contributed by atoms with Gasteiger partial charge in [0.15, 0.2) is 11.8 Å². The van der Waals surface area contributed by atoms with E-state index in [0.717, 1.165) is 27.3 Å². The molecule has 25 heavy (non-hydrogen) atoms. The molecule has 3 aliphatic rings. The van der Waals surface area contributed by atoms with Crippen LogP contribution < -0.4 is 21.6 Å². The molecule has 1 spiro atoms. The summed E-state index contributed by atoms with van der Waals surface area (Å²) in [7, 11) is 0. The summed E-state index contributed by atoms with van der Waals surface area (Å²) in [4.78, 5) is 37.1. The summed E-state index contributed by atoms with van der Waals surface area (Å²) in [6.45, 7) is 0. The number of hydrogen-bond acceptors (Lipinski definition) is 5. The van der Waals surface area contributed by atoms with Gasteiger partial charge in [-0.15, -0.1) is 0 Å². The fraction of sp³-hybridized carbons (Fsp3) is 0.118. The first-order chi connectivity index (χ1) is 12.1. The molecule has 8 nitrogen and oxygen atoms in total. The zero-order valence-electron chi connectivity index (χ0n) is 12.9. The number of benzene rings is 2. The highest BCUT2D eigenvalue weighted by atomic mass is 16.2. The van der Waals surface area contributed by atoms with Crippen LogP contribution in [-0.4, -0.2) is 29.0 Å². The number of fused-ring (bicyclic) bond motifs is 6. The van der Waals surface area contributed by atoms with E-state index < -0.39 is 23.6 Å². The number of carbonyl (C=O) groups is 3. The van der Waals surface area contributed by atoms with E-state index >= 15 is 0 Å². The van der Waals surface area contributed by atoms with Crippen LogP contribution in [0.5, 0.6) is 0 Å². The van der Waals surface area contributed by atoms with E-state index in [2.05, 4.69) is 21.6 Å². The van der Waals surface area contributed by atoms with Crippen molar-refractivity contribution in [3.8, 4) is 11.1 Å². The lowest BCUT2D eigenvalue weighted by molar-refractivity contribution is -0.167. The lowest BCUT2D eigenvalue weighted by atomic mass is 9.86. The molecule has 2 heterocycles. The highest BCUT2D eigenvalue weighted by Crippen LogP contribution is 2.48. The van der Waals surface area contributed by atoms with Crippen LogP contribution >= 0.6 is 0 Å². The molecule has 2 aromatic carbocycles. The Hall–Kier alpha value is -3.23. The molecule has 4 N–H and O–H groups in total. The predicted molar refractivity (Wildman–Crippen MR) is 85.8 cm³/mol. The van der Waals surface area contributed by atoms with E-state index in [-0.39, 0.29) is 5.91 Å². The largest absolute Gasteiger partial charge is 0.330 e. The van der Waals surface area contributed by atoms with Crippen molar-refractivity contribution in [3.05, 3.63) is 59.7 Å². The van der Waals surface area contributed by atoms with Crippen LogP contribution in [0, 0.1) is 0 Å². The fourth-order valence-electron chi connectivity index (χ4n) is 3.76. The molecule has 2 saturated heterocycles. The van der Waals surface area contributed by atoms with Crippen molar-refractivity contribution in [2.45, 2.75) is 11.8 Å². The second kappa shape index (κ2) is 4.65. The van der Waals surface area contributed by atoms with Crippen LogP contribution in [0.15, 0.2) is 48.5 Å². The van der Waals surface area contributed by atoms with Crippen LogP contribution in [0.1, 0.15) is 11.1 Å².